The molecule has 4 rings (SSSR count). The third kappa shape index (κ3) is 2.43. The first-order chi connectivity index (χ1) is 12.1. The van der Waals surface area contributed by atoms with Gasteiger partial charge in [0.2, 0.25) is 0 Å². The van der Waals surface area contributed by atoms with Crippen LogP contribution in [0.3, 0.4) is 0 Å². The molecular formula is C20H21N3O2. The molecule has 25 heavy (non-hydrogen) atoms. The molecule has 2 aromatic rings. The lowest BCUT2D eigenvalue weighted by atomic mass is 9.82. The molecule has 0 unspecified atom stereocenters. The molecule has 0 spiro atoms. The third-order valence-corrected chi connectivity index (χ3v) is 5.20. The Kier molecular flexibility index (Phi) is 3.81. The highest BCUT2D eigenvalue weighted by molar-refractivity contribution is 6.10. The van der Waals surface area contributed by atoms with Crippen LogP contribution in [0.25, 0.3) is 0 Å². The van der Waals surface area contributed by atoms with E-state index in [0.717, 1.165) is 30.6 Å². The molecule has 0 aliphatic carbocycles. The van der Waals surface area contributed by atoms with E-state index < -0.39 is 5.54 Å². The van der Waals surface area contributed by atoms with E-state index in [1.165, 1.54) is 4.90 Å². The third-order valence-electron chi connectivity index (χ3n) is 5.20. The zero-order valence-corrected chi connectivity index (χ0v) is 14.2. The molecule has 128 valence electrons. The van der Waals surface area contributed by atoms with E-state index in [1.54, 1.807) is 0 Å². The van der Waals surface area contributed by atoms with Gasteiger partial charge in [0.05, 0.1) is 6.04 Å². The van der Waals surface area contributed by atoms with Gasteiger partial charge in [0.15, 0.2) is 5.54 Å². The molecular weight excluding hydrogens is 314 g/mol. The average molecular weight is 335 g/mol. The number of imide groups is 1. The molecule has 0 radical (unpaired) electrons. The Hall–Kier alpha value is -2.66. The van der Waals surface area contributed by atoms with Crippen LogP contribution in [0.4, 0.5) is 4.79 Å². The van der Waals surface area contributed by atoms with Crippen molar-refractivity contribution in [2.24, 2.45) is 0 Å². The topological polar surface area (TPSA) is 52.6 Å². The van der Waals surface area contributed by atoms with E-state index >= 15 is 0 Å². The number of nitrogens with zero attached hydrogens (tertiary/aromatic N) is 2. The summed E-state index contributed by atoms with van der Waals surface area (Å²) < 4.78 is 0. The van der Waals surface area contributed by atoms with E-state index in [9.17, 15) is 9.59 Å². The number of likely N-dealkylation sites (tertiary alicyclic amines) is 1. The molecule has 0 bridgehead atoms. The minimum absolute atomic E-state index is 0.0770. The number of benzene rings is 2. The predicted molar refractivity (Wildman–Crippen MR) is 94.9 cm³/mol. The van der Waals surface area contributed by atoms with Crippen molar-refractivity contribution in [2.75, 3.05) is 20.1 Å². The summed E-state index contributed by atoms with van der Waals surface area (Å²) in [7, 11) is 2.01. The maximum Gasteiger partial charge on any atom is 0.325 e. The largest absolute Gasteiger partial charge is 0.325 e. The highest BCUT2D eigenvalue weighted by Gasteiger charge is 2.55. The Morgan fingerprint density at radius 1 is 0.960 bits per heavy atom. The van der Waals surface area contributed by atoms with Gasteiger partial charge in [0.25, 0.3) is 5.91 Å². The number of carbonyl (C=O) groups excluding carboxylic acids is 2. The normalized spacial score (nSPS) is 23.1. The summed E-state index contributed by atoms with van der Waals surface area (Å²) in [5, 5.41) is 3.01. The first kappa shape index (κ1) is 15.8. The fraction of sp³-hybridized carbons (Fsp3) is 0.300. The second-order valence-electron chi connectivity index (χ2n) is 6.79. The number of likely N-dealkylation sites (N-methyl/N-ethyl adjacent to an activating group) is 1. The maximum atomic E-state index is 13.6. The van der Waals surface area contributed by atoms with Gasteiger partial charge in [-0.3, -0.25) is 9.69 Å². The molecule has 1 N–H and O–H groups in total. The van der Waals surface area contributed by atoms with Crippen LogP contribution in [-0.4, -0.2) is 47.9 Å². The summed E-state index contributed by atoms with van der Waals surface area (Å²) in [6, 6.07) is 18.6. The second kappa shape index (κ2) is 6.01. The van der Waals surface area contributed by atoms with Crippen LogP contribution in [0.15, 0.2) is 60.7 Å². The molecule has 5 heteroatoms. The SMILES string of the molecule is CN1CC[C@@H](N2C(=O)NC(c3ccccc3)(c3ccccc3)C2=O)C1. The Labute approximate surface area is 147 Å². The average Bonchev–Trinajstić information content (AvgIpc) is 3.17. The van der Waals surface area contributed by atoms with Crippen LogP contribution in [0, 0.1) is 0 Å². The molecule has 2 aliphatic heterocycles. The Morgan fingerprint density at radius 2 is 1.52 bits per heavy atom. The quantitative estimate of drug-likeness (QED) is 0.875. The standard InChI is InChI=1S/C20H21N3O2/c1-22-13-12-17(14-22)23-18(24)20(21-19(23)25,15-8-4-2-5-9-15)16-10-6-3-7-11-16/h2-11,17H,12-14H2,1H3,(H,21,25)/t17-/m1/s1. The summed E-state index contributed by atoms with van der Waals surface area (Å²) in [6.07, 6.45) is 0.815. The highest BCUT2D eigenvalue weighted by atomic mass is 16.2. The van der Waals surface area contributed by atoms with Crippen LogP contribution >= 0.6 is 0 Å². The Balaban J connectivity index is 1.83. The van der Waals surface area contributed by atoms with Crippen LogP contribution < -0.4 is 5.32 Å². The molecule has 3 amide bonds. The summed E-state index contributed by atoms with van der Waals surface area (Å²) in [6.45, 7) is 1.62. The van der Waals surface area contributed by atoms with Crippen molar-refractivity contribution < 1.29 is 9.59 Å². The molecule has 1 atom stereocenters. The zero-order chi connectivity index (χ0) is 17.4. The van der Waals surface area contributed by atoms with Crippen molar-refractivity contribution >= 4 is 11.9 Å². The summed E-state index contributed by atoms with van der Waals surface area (Å²) in [5.41, 5.74) is 0.419. The van der Waals surface area contributed by atoms with Gasteiger partial charge in [0.1, 0.15) is 0 Å². The van der Waals surface area contributed by atoms with Crippen LogP contribution in [0.5, 0.6) is 0 Å². The van der Waals surface area contributed by atoms with E-state index in [2.05, 4.69) is 10.2 Å². The summed E-state index contributed by atoms with van der Waals surface area (Å²) in [4.78, 5) is 30.0. The zero-order valence-electron chi connectivity index (χ0n) is 14.2. The van der Waals surface area contributed by atoms with E-state index in [0.29, 0.717) is 0 Å². The van der Waals surface area contributed by atoms with Crippen molar-refractivity contribution in [3.8, 4) is 0 Å². The predicted octanol–water partition coefficient (Wildman–Crippen LogP) is 2.19. The van der Waals surface area contributed by atoms with E-state index in [4.69, 9.17) is 0 Å². The molecule has 2 saturated heterocycles. The second-order valence-corrected chi connectivity index (χ2v) is 6.79. The number of amides is 3. The molecule has 2 aliphatic rings. The lowest BCUT2D eigenvalue weighted by molar-refractivity contribution is -0.131. The number of nitrogens with one attached hydrogen (secondary N) is 1. The fourth-order valence-corrected chi connectivity index (χ4v) is 3.94. The summed E-state index contributed by atoms with van der Waals surface area (Å²) in [5.74, 6) is -0.185. The van der Waals surface area contributed by atoms with E-state index in [-0.39, 0.29) is 18.0 Å². The van der Waals surface area contributed by atoms with E-state index in [1.807, 2.05) is 67.7 Å². The molecule has 2 aromatic carbocycles. The number of urea groups is 1. The minimum atomic E-state index is -1.15. The van der Waals surface area contributed by atoms with Crippen LogP contribution in [-0.2, 0) is 10.3 Å². The molecule has 5 nitrogen and oxygen atoms in total. The maximum absolute atomic E-state index is 13.6. The summed E-state index contributed by atoms with van der Waals surface area (Å²) >= 11 is 0. The number of carbonyl (C=O) groups is 2. The van der Waals surface area contributed by atoms with Gasteiger partial charge in [-0.25, -0.2) is 4.79 Å². The van der Waals surface area contributed by atoms with Crippen molar-refractivity contribution in [1.29, 1.82) is 0 Å². The van der Waals surface area contributed by atoms with Gasteiger partial charge in [-0.15, -0.1) is 0 Å². The first-order valence-electron chi connectivity index (χ1n) is 8.58. The van der Waals surface area contributed by atoms with Crippen LogP contribution in [0.1, 0.15) is 17.5 Å². The van der Waals surface area contributed by atoms with Gasteiger partial charge in [-0.1, -0.05) is 60.7 Å². The lowest BCUT2D eigenvalue weighted by Crippen LogP contribution is -2.46. The highest BCUT2D eigenvalue weighted by Crippen LogP contribution is 2.37. The smallest absolute Gasteiger partial charge is 0.315 e. The van der Waals surface area contributed by atoms with Gasteiger partial charge >= 0.3 is 6.03 Å². The Bertz CT molecular complexity index is 752. The number of hydrogen-bond donors (Lipinski definition) is 1. The molecule has 0 aromatic heterocycles. The molecule has 0 saturated carbocycles. The molecule has 2 fully saturated rings. The molecule has 2 heterocycles. The Morgan fingerprint density at radius 3 is 2.00 bits per heavy atom. The van der Waals surface area contributed by atoms with Crippen LogP contribution in [0.2, 0.25) is 0 Å². The number of hydrogen-bond acceptors (Lipinski definition) is 3. The number of rotatable bonds is 3. The fourth-order valence-electron chi connectivity index (χ4n) is 3.94. The minimum Gasteiger partial charge on any atom is -0.315 e. The monoisotopic (exact) mass is 335 g/mol. The van der Waals surface area contributed by atoms with Crippen molar-refractivity contribution in [2.45, 2.75) is 18.0 Å². The first-order valence-corrected chi connectivity index (χ1v) is 8.58. The van der Waals surface area contributed by atoms with Gasteiger partial charge in [-0.2, -0.15) is 0 Å². The van der Waals surface area contributed by atoms with Gasteiger partial charge in [0, 0.05) is 6.54 Å². The lowest BCUT2D eigenvalue weighted by Gasteiger charge is -2.29. The van der Waals surface area contributed by atoms with Crippen molar-refractivity contribution in [3.05, 3.63) is 71.8 Å². The van der Waals surface area contributed by atoms with Gasteiger partial charge < -0.3 is 10.2 Å². The van der Waals surface area contributed by atoms with Crippen molar-refractivity contribution in [3.63, 3.8) is 0 Å². The van der Waals surface area contributed by atoms with Gasteiger partial charge in [-0.05, 0) is 31.1 Å². The van der Waals surface area contributed by atoms with Crippen molar-refractivity contribution in [1.82, 2.24) is 15.1 Å².